The molecule has 7 nitrogen and oxygen atoms in total. The molecule has 0 saturated heterocycles. The van der Waals surface area contributed by atoms with Crippen molar-refractivity contribution >= 4 is 15.9 Å². The third-order valence-corrected chi connectivity index (χ3v) is 6.28. The molecule has 0 spiro atoms. The molecule has 1 amide bonds. The van der Waals surface area contributed by atoms with E-state index in [1.54, 1.807) is 0 Å². The predicted molar refractivity (Wildman–Crippen MR) is 109 cm³/mol. The standard InChI is InChI=1S/C21H26N2O5S/c1-27-14-13-22-29(25,26)18-11-9-17(10-12-18)28-15-21(24)23-20-8-4-6-16-5-2-3-7-19(16)20/h2-3,5,7,9-12,20,22H,4,6,8,13-15H2,1H3,(H,23,24)/t20-/m0/s1. The summed E-state index contributed by atoms with van der Waals surface area (Å²) in [5.74, 6) is 0.227. The lowest BCUT2D eigenvalue weighted by Gasteiger charge is -2.26. The normalized spacial score (nSPS) is 16.1. The van der Waals surface area contributed by atoms with E-state index in [0.717, 1.165) is 19.3 Å². The Bertz CT molecular complexity index is 928. The highest BCUT2D eigenvalue weighted by atomic mass is 32.2. The van der Waals surface area contributed by atoms with Crippen molar-refractivity contribution in [1.29, 1.82) is 0 Å². The molecule has 1 atom stereocenters. The number of rotatable bonds is 9. The molecule has 1 aliphatic carbocycles. The van der Waals surface area contributed by atoms with Gasteiger partial charge in [0.15, 0.2) is 6.61 Å². The second-order valence-corrected chi connectivity index (χ2v) is 8.63. The van der Waals surface area contributed by atoms with Crippen LogP contribution in [-0.2, 0) is 26.0 Å². The lowest BCUT2D eigenvalue weighted by Crippen LogP contribution is -2.34. The molecule has 3 rings (SSSR count). The first-order valence-corrected chi connectivity index (χ1v) is 11.1. The molecular formula is C21H26N2O5S. The van der Waals surface area contributed by atoms with Gasteiger partial charge in [-0.2, -0.15) is 0 Å². The molecule has 156 valence electrons. The summed E-state index contributed by atoms with van der Waals surface area (Å²) in [6.07, 6.45) is 2.98. The Hall–Kier alpha value is -2.42. The Morgan fingerprint density at radius 1 is 1.14 bits per heavy atom. The van der Waals surface area contributed by atoms with E-state index in [2.05, 4.69) is 22.2 Å². The van der Waals surface area contributed by atoms with Gasteiger partial charge in [-0.1, -0.05) is 24.3 Å². The van der Waals surface area contributed by atoms with E-state index in [1.807, 2.05) is 12.1 Å². The third-order valence-electron chi connectivity index (χ3n) is 4.81. The average molecular weight is 419 g/mol. The number of fused-ring (bicyclic) bond motifs is 1. The van der Waals surface area contributed by atoms with E-state index in [-0.39, 0.29) is 30.0 Å². The zero-order chi connectivity index (χ0) is 20.7. The fourth-order valence-corrected chi connectivity index (χ4v) is 4.38. The third kappa shape index (κ3) is 5.79. The van der Waals surface area contributed by atoms with Gasteiger partial charge in [-0.15, -0.1) is 0 Å². The van der Waals surface area contributed by atoms with E-state index in [1.165, 1.54) is 42.5 Å². The molecule has 2 aromatic rings. The molecule has 1 aliphatic rings. The van der Waals surface area contributed by atoms with Crippen LogP contribution in [0.5, 0.6) is 5.75 Å². The molecule has 0 radical (unpaired) electrons. The van der Waals surface area contributed by atoms with Crippen molar-refractivity contribution in [3.63, 3.8) is 0 Å². The van der Waals surface area contributed by atoms with Crippen LogP contribution in [0.15, 0.2) is 53.4 Å². The summed E-state index contributed by atoms with van der Waals surface area (Å²) in [6.45, 7) is 0.361. The minimum Gasteiger partial charge on any atom is -0.484 e. The van der Waals surface area contributed by atoms with Gasteiger partial charge in [-0.05, 0) is 54.7 Å². The van der Waals surface area contributed by atoms with Crippen molar-refractivity contribution in [3.8, 4) is 5.75 Å². The van der Waals surface area contributed by atoms with Crippen LogP contribution < -0.4 is 14.8 Å². The highest BCUT2D eigenvalue weighted by Crippen LogP contribution is 2.29. The number of hydrogen-bond acceptors (Lipinski definition) is 5. The van der Waals surface area contributed by atoms with Gasteiger partial charge in [0.25, 0.3) is 5.91 Å². The monoisotopic (exact) mass is 418 g/mol. The average Bonchev–Trinajstić information content (AvgIpc) is 2.73. The van der Waals surface area contributed by atoms with Crippen LogP contribution in [-0.4, -0.2) is 41.2 Å². The zero-order valence-corrected chi connectivity index (χ0v) is 17.2. The first-order chi connectivity index (χ1) is 14.0. The van der Waals surface area contributed by atoms with E-state index in [0.29, 0.717) is 12.4 Å². The number of hydrogen-bond donors (Lipinski definition) is 2. The van der Waals surface area contributed by atoms with Gasteiger partial charge in [0, 0.05) is 13.7 Å². The summed E-state index contributed by atoms with van der Waals surface area (Å²) in [6, 6.07) is 14.1. The van der Waals surface area contributed by atoms with E-state index >= 15 is 0 Å². The number of carbonyl (C=O) groups is 1. The first-order valence-electron chi connectivity index (χ1n) is 9.58. The van der Waals surface area contributed by atoms with E-state index in [9.17, 15) is 13.2 Å². The lowest BCUT2D eigenvalue weighted by atomic mass is 9.88. The molecular weight excluding hydrogens is 392 g/mol. The smallest absolute Gasteiger partial charge is 0.258 e. The fraction of sp³-hybridized carbons (Fsp3) is 0.381. The highest BCUT2D eigenvalue weighted by molar-refractivity contribution is 7.89. The van der Waals surface area contributed by atoms with Crippen LogP contribution in [0.2, 0.25) is 0 Å². The van der Waals surface area contributed by atoms with Gasteiger partial charge in [-0.3, -0.25) is 4.79 Å². The van der Waals surface area contributed by atoms with Crippen LogP contribution in [0, 0.1) is 0 Å². The maximum absolute atomic E-state index is 12.3. The molecule has 0 heterocycles. The summed E-state index contributed by atoms with van der Waals surface area (Å²) in [5.41, 5.74) is 2.45. The fourth-order valence-electron chi connectivity index (χ4n) is 3.37. The number of ether oxygens (including phenoxy) is 2. The second kappa shape index (κ2) is 9.87. The molecule has 2 aromatic carbocycles. The minimum atomic E-state index is -3.59. The maximum atomic E-state index is 12.3. The van der Waals surface area contributed by atoms with Gasteiger partial charge in [0.2, 0.25) is 10.0 Å². The number of benzene rings is 2. The molecule has 0 saturated carbocycles. The Morgan fingerprint density at radius 2 is 1.90 bits per heavy atom. The molecule has 0 unspecified atom stereocenters. The number of nitrogens with one attached hydrogen (secondary N) is 2. The van der Waals surface area contributed by atoms with Crippen molar-refractivity contribution in [2.24, 2.45) is 0 Å². The van der Waals surface area contributed by atoms with E-state index < -0.39 is 10.0 Å². The molecule has 0 aromatic heterocycles. The zero-order valence-electron chi connectivity index (χ0n) is 16.4. The number of amides is 1. The number of aryl methyl sites for hydroxylation is 1. The van der Waals surface area contributed by atoms with Crippen LogP contribution >= 0.6 is 0 Å². The minimum absolute atomic E-state index is 0.00161. The van der Waals surface area contributed by atoms with Gasteiger partial charge < -0.3 is 14.8 Å². The quantitative estimate of drug-likeness (QED) is 0.609. The van der Waals surface area contributed by atoms with Crippen LogP contribution in [0.3, 0.4) is 0 Å². The lowest BCUT2D eigenvalue weighted by molar-refractivity contribution is -0.124. The second-order valence-electron chi connectivity index (χ2n) is 6.86. The van der Waals surface area contributed by atoms with Crippen LogP contribution in [0.4, 0.5) is 0 Å². The van der Waals surface area contributed by atoms with Crippen molar-refractivity contribution < 1.29 is 22.7 Å². The largest absolute Gasteiger partial charge is 0.484 e. The van der Waals surface area contributed by atoms with Crippen molar-refractivity contribution in [3.05, 3.63) is 59.7 Å². The van der Waals surface area contributed by atoms with Crippen molar-refractivity contribution in [2.75, 3.05) is 26.9 Å². The van der Waals surface area contributed by atoms with Gasteiger partial charge >= 0.3 is 0 Å². The number of methoxy groups -OCH3 is 1. The summed E-state index contributed by atoms with van der Waals surface area (Å²) in [7, 11) is -2.09. The Balaban J connectivity index is 1.52. The maximum Gasteiger partial charge on any atom is 0.258 e. The van der Waals surface area contributed by atoms with Crippen LogP contribution in [0.25, 0.3) is 0 Å². The summed E-state index contributed by atoms with van der Waals surface area (Å²) < 4.78 is 37.1. The Labute approximate surface area is 171 Å². The van der Waals surface area contributed by atoms with E-state index in [4.69, 9.17) is 9.47 Å². The number of carbonyl (C=O) groups excluding carboxylic acids is 1. The molecule has 29 heavy (non-hydrogen) atoms. The first kappa shape index (κ1) is 21.3. The van der Waals surface area contributed by atoms with Crippen LogP contribution in [0.1, 0.15) is 30.0 Å². The predicted octanol–water partition coefficient (Wildman–Crippen LogP) is 2.18. The molecule has 8 heteroatoms. The molecule has 0 aliphatic heterocycles. The summed E-state index contributed by atoms with van der Waals surface area (Å²) in [4.78, 5) is 12.4. The van der Waals surface area contributed by atoms with Gasteiger partial charge in [0.1, 0.15) is 5.75 Å². The Kier molecular flexibility index (Phi) is 7.24. The van der Waals surface area contributed by atoms with Gasteiger partial charge in [0.05, 0.1) is 17.5 Å². The van der Waals surface area contributed by atoms with Crippen molar-refractivity contribution in [1.82, 2.24) is 10.0 Å². The summed E-state index contributed by atoms with van der Waals surface area (Å²) >= 11 is 0. The SMILES string of the molecule is COCCNS(=O)(=O)c1ccc(OCC(=O)N[C@H]2CCCc3ccccc32)cc1. The topological polar surface area (TPSA) is 93.7 Å². The molecule has 0 fully saturated rings. The molecule has 0 bridgehead atoms. The Morgan fingerprint density at radius 3 is 2.66 bits per heavy atom. The van der Waals surface area contributed by atoms with Crippen molar-refractivity contribution in [2.45, 2.75) is 30.2 Å². The number of sulfonamides is 1. The summed E-state index contributed by atoms with van der Waals surface area (Å²) in [5, 5.41) is 3.03. The van der Waals surface area contributed by atoms with Gasteiger partial charge in [-0.25, -0.2) is 13.1 Å². The highest BCUT2D eigenvalue weighted by Gasteiger charge is 2.21. The molecule has 2 N–H and O–H groups in total.